The lowest BCUT2D eigenvalue weighted by Crippen LogP contribution is -2.55. The number of carboxylic acids is 1. The lowest BCUT2D eigenvalue weighted by molar-refractivity contribution is -0.142. The number of aryl methyl sites for hydroxylation is 1. The van der Waals surface area contributed by atoms with Crippen molar-refractivity contribution in [1.82, 2.24) is 14.6 Å². The summed E-state index contributed by atoms with van der Waals surface area (Å²) in [6.45, 7) is 7.25. The normalized spacial score (nSPS) is 15.7. The van der Waals surface area contributed by atoms with Gasteiger partial charge in [0.2, 0.25) is 11.8 Å². The average Bonchev–Trinajstić information content (AvgIpc) is 3.74. The lowest BCUT2D eigenvalue weighted by Gasteiger charge is -2.36. The number of ether oxygens (including phenoxy) is 3. The van der Waals surface area contributed by atoms with Crippen LogP contribution in [0.15, 0.2) is 107 Å². The Morgan fingerprint density at radius 1 is 0.957 bits per heavy atom. The molecule has 3 unspecified atom stereocenters. The number of carbonyl (C=O) groups is 3. The third-order valence-electron chi connectivity index (χ3n) is 11.8. The van der Waals surface area contributed by atoms with Crippen LogP contribution in [0.2, 0.25) is 10.0 Å². The molecule has 5 aromatic carbocycles. The molecule has 1 aromatic heterocycles. The Morgan fingerprint density at radius 2 is 1.66 bits per heavy atom. The first-order valence-corrected chi connectivity index (χ1v) is 25.1. The Hall–Kier alpha value is -6.99. The van der Waals surface area contributed by atoms with Gasteiger partial charge in [-0.1, -0.05) is 94.0 Å². The number of amides is 2. The molecular weight excluding hydrogens is 976 g/mol. The lowest BCUT2D eigenvalue weighted by atomic mass is 9.94. The number of fused-ring (bicyclic) bond motifs is 2. The number of thiazole rings is 1. The van der Waals surface area contributed by atoms with Gasteiger partial charge < -0.3 is 30.0 Å². The van der Waals surface area contributed by atoms with E-state index in [4.69, 9.17) is 49.2 Å². The molecule has 2 aliphatic heterocycles. The summed E-state index contributed by atoms with van der Waals surface area (Å²) in [5, 5.41) is 25.8. The molecule has 3 heterocycles. The van der Waals surface area contributed by atoms with Crippen LogP contribution in [0.25, 0.3) is 16.0 Å². The van der Waals surface area contributed by atoms with Crippen LogP contribution in [0.1, 0.15) is 64.4 Å². The maximum atomic E-state index is 14.9. The summed E-state index contributed by atoms with van der Waals surface area (Å²) in [6, 6.07) is 29.5. The predicted octanol–water partition coefficient (Wildman–Crippen LogP) is 9.39. The molecule has 3 atom stereocenters. The predicted molar refractivity (Wildman–Crippen MR) is 265 cm³/mol. The van der Waals surface area contributed by atoms with Crippen LogP contribution in [0.5, 0.6) is 17.2 Å². The largest absolute Gasteiger partial charge is 0.489 e. The van der Waals surface area contributed by atoms with Crippen molar-refractivity contribution in [2.24, 2.45) is 0 Å². The number of benzene rings is 5. The molecule has 0 saturated heterocycles. The van der Waals surface area contributed by atoms with Crippen LogP contribution in [-0.2, 0) is 50.4 Å². The summed E-state index contributed by atoms with van der Waals surface area (Å²) in [5.41, 5.74) is 5.74. The number of halogens is 2. The van der Waals surface area contributed by atoms with Crippen molar-refractivity contribution in [2.75, 3.05) is 18.5 Å². The van der Waals surface area contributed by atoms with Gasteiger partial charge in [-0.2, -0.15) is 9.57 Å². The maximum absolute atomic E-state index is 14.9. The first-order valence-electron chi connectivity index (χ1n) is 22.1. The molecule has 0 saturated carbocycles. The van der Waals surface area contributed by atoms with E-state index in [9.17, 15) is 27.9 Å². The van der Waals surface area contributed by atoms with Gasteiger partial charge in [-0.25, -0.2) is 18.2 Å². The van der Waals surface area contributed by atoms with E-state index in [2.05, 4.69) is 26.5 Å². The first-order chi connectivity index (χ1) is 33.7. The van der Waals surface area contributed by atoms with Crippen molar-refractivity contribution >= 4 is 67.5 Å². The van der Waals surface area contributed by atoms with Crippen molar-refractivity contribution in [1.29, 1.82) is 5.26 Å². The zero-order chi connectivity index (χ0) is 49.5. The van der Waals surface area contributed by atoms with E-state index < -0.39 is 40.1 Å². The zero-order valence-corrected chi connectivity index (χ0v) is 40.7. The summed E-state index contributed by atoms with van der Waals surface area (Å²) in [5.74, 6) is -1.12. The van der Waals surface area contributed by atoms with Gasteiger partial charge in [-0.05, 0) is 107 Å². The Kier molecular flexibility index (Phi) is 15.4. The summed E-state index contributed by atoms with van der Waals surface area (Å²) < 4.78 is 49.2. The summed E-state index contributed by atoms with van der Waals surface area (Å²) >= 11 is 13.0. The van der Waals surface area contributed by atoms with E-state index in [1.807, 2.05) is 54.6 Å². The quantitative estimate of drug-likeness (QED) is 0.0735. The number of hydrogen-bond donors (Lipinski definition) is 3. The monoisotopic (exact) mass is 1020 g/mol. The van der Waals surface area contributed by atoms with Crippen molar-refractivity contribution in [2.45, 2.75) is 74.6 Å². The Morgan fingerprint density at radius 3 is 2.34 bits per heavy atom. The van der Waals surface area contributed by atoms with Gasteiger partial charge in [0, 0.05) is 25.8 Å². The number of sulfonamides is 1. The third-order valence-corrected chi connectivity index (χ3v) is 16.1. The molecule has 358 valence electrons. The molecule has 0 aliphatic carbocycles. The van der Waals surface area contributed by atoms with Crippen LogP contribution in [0.4, 0.5) is 5.13 Å². The number of rotatable bonds is 17. The maximum Gasteiger partial charge on any atom is 0.326 e. The van der Waals surface area contributed by atoms with Crippen LogP contribution in [-0.4, -0.2) is 65.8 Å². The molecule has 6 aromatic rings. The molecule has 0 spiro atoms. The van der Waals surface area contributed by atoms with Crippen LogP contribution < -0.4 is 24.8 Å². The number of nitrogens with zero attached hydrogens (tertiary/aromatic N) is 4. The number of nitriles is 1. The third kappa shape index (κ3) is 11.5. The highest BCUT2D eigenvalue weighted by molar-refractivity contribution is 7.91. The molecule has 3 N–H and O–H groups in total. The van der Waals surface area contributed by atoms with E-state index in [1.54, 1.807) is 48.5 Å². The fraction of sp³-hybridized carbons (Fsp3) is 0.255. The number of unbranched alkanes of at least 4 members (excludes halogenated alkanes) is 1. The molecule has 2 aliphatic rings. The highest BCUT2D eigenvalue weighted by Crippen LogP contribution is 2.43. The van der Waals surface area contributed by atoms with Crippen molar-refractivity contribution in [3.8, 4) is 41.0 Å². The molecule has 8 rings (SSSR count). The molecular formula is C51H45Cl2N6O9S2+. The number of aromatic nitrogens is 1. The first kappa shape index (κ1) is 49.4. The van der Waals surface area contributed by atoms with Crippen LogP contribution in [0.3, 0.4) is 0 Å². The number of anilines is 1. The number of carboxylic acid groups (broad SMARTS) is 1. The molecule has 19 heteroatoms. The second-order valence-electron chi connectivity index (χ2n) is 16.7. The highest BCUT2D eigenvalue weighted by Gasteiger charge is 2.43. The Balaban J connectivity index is 1.03. The van der Waals surface area contributed by atoms with Gasteiger partial charge in [0.25, 0.3) is 23.1 Å². The summed E-state index contributed by atoms with van der Waals surface area (Å²) in [7, 11) is -4.54. The summed E-state index contributed by atoms with van der Waals surface area (Å²) in [6.07, 6.45) is 0.493. The Labute approximate surface area is 418 Å². The van der Waals surface area contributed by atoms with Crippen LogP contribution >= 0.6 is 34.5 Å². The fourth-order valence-corrected chi connectivity index (χ4v) is 11.5. The minimum absolute atomic E-state index is 0.0656. The molecule has 2 amide bonds. The second-order valence-corrected chi connectivity index (χ2v) is 20.6. The fourth-order valence-electron chi connectivity index (χ4n) is 8.07. The van der Waals surface area contributed by atoms with E-state index in [0.717, 1.165) is 37.9 Å². The van der Waals surface area contributed by atoms with Gasteiger partial charge in [0.05, 0.1) is 27.4 Å². The highest BCUT2D eigenvalue weighted by atomic mass is 35.5. The van der Waals surface area contributed by atoms with E-state index in [1.165, 1.54) is 6.92 Å². The van der Waals surface area contributed by atoms with Crippen molar-refractivity contribution in [3.63, 3.8) is 0 Å². The number of carbonyl (C=O) groups excluding carboxylic acids is 2. The van der Waals surface area contributed by atoms with E-state index >= 15 is 0 Å². The van der Waals surface area contributed by atoms with Gasteiger partial charge in [-0.3, -0.25) is 9.59 Å². The van der Waals surface area contributed by atoms with Gasteiger partial charge >= 0.3 is 5.97 Å². The smallest absolute Gasteiger partial charge is 0.326 e. The zero-order valence-electron chi connectivity index (χ0n) is 37.6. The molecule has 15 nitrogen and oxygen atoms in total. The van der Waals surface area contributed by atoms with Gasteiger partial charge in [-0.15, -0.1) is 0 Å². The van der Waals surface area contributed by atoms with E-state index in [0.29, 0.717) is 68.9 Å². The topological polar surface area (TPSA) is 202 Å². The van der Waals surface area contributed by atoms with Crippen molar-refractivity contribution in [3.05, 3.63) is 157 Å². The Bertz CT molecular complexity index is 3140. The SMILES string of the molecule is C#[N+]CCCCC(=O)Nc1nc(C)c(S(=O)(=O)N2Cc3cc4c(cc3CC2C(=O)NC(Cc2ccc(-c3ccc(C#N)cc3)cc2)C(=O)O)OCC(c2ccc(OCc3ccc(Cl)c(Cl)c3)cc2)O4)s1. The number of aliphatic carboxylic acids is 1. The number of hydrogen-bond acceptors (Lipinski definition) is 11. The standard InChI is InChI=1S/C51H44Cl2N6O9S2/c1-30-50(69-51(56-30)58-47(60)5-3-4-20-55-2)70(64,65)59-27-38-25-45-44(67-29-46(68-45)36-15-17-39(18-16-36)66-28-33-10-19-40(52)41(53)21-33)24-37(38)23-43(59)48(61)57-42(49(62)63)22-31-6-11-34(12-7-31)35-13-8-32(26-54)9-14-35/h2,6-19,21,24-25,42-43,46H,3-5,20,22-23,27-29H2,1H3,(H2-,56,57,58,60,61,62,63)/p+1. The van der Waals surface area contributed by atoms with E-state index in [-0.39, 0.29) is 60.0 Å². The molecule has 0 fully saturated rings. The average molecular weight is 1020 g/mol. The molecule has 0 bridgehead atoms. The minimum atomic E-state index is -4.54. The molecule has 70 heavy (non-hydrogen) atoms. The van der Waals surface area contributed by atoms with Gasteiger partial charge in [0.1, 0.15) is 31.0 Å². The molecule has 0 radical (unpaired) electrons. The van der Waals surface area contributed by atoms with Crippen LogP contribution in [0, 0.1) is 24.8 Å². The van der Waals surface area contributed by atoms with Gasteiger partial charge in [0.15, 0.2) is 26.9 Å². The van der Waals surface area contributed by atoms with Crippen molar-refractivity contribution < 1.29 is 42.1 Å². The summed E-state index contributed by atoms with van der Waals surface area (Å²) in [4.78, 5) is 47.9. The number of nitrogens with one attached hydrogen (secondary N) is 2. The second kappa shape index (κ2) is 21.8. The minimum Gasteiger partial charge on any atom is -0.489 e.